The van der Waals surface area contributed by atoms with Gasteiger partial charge >= 0.3 is 0 Å². The van der Waals surface area contributed by atoms with E-state index in [4.69, 9.17) is 0 Å². The van der Waals surface area contributed by atoms with Crippen LogP contribution in [0.3, 0.4) is 0 Å². The Hall–Kier alpha value is -2.19. The van der Waals surface area contributed by atoms with E-state index in [9.17, 15) is 13.2 Å². The summed E-state index contributed by atoms with van der Waals surface area (Å²) >= 11 is 0. The first kappa shape index (κ1) is 23.5. The van der Waals surface area contributed by atoms with Gasteiger partial charge in [-0.05, 0) is 57.2 Å². The van der Waals surface area contributed by atoms with E-state index in [0.29, 0.717) is 24.7 Å². The lowest BCUT2D eigenvalue weighted by molar-refractivity contribution is -0.115. The number of aromatic nitrogens is 2. The van der Waals surface area contributed by atoms with E-state index in [0.717, 1.165) is 48.3 Å². The highest BCUT2D eigenvalue weighted by Gasteiger charge is 2.26. The molecule has 1 N–H and O–H groups in total. The smallest absolute Gasteiger partial charge is 0.243 e. The molecule has 1 saturated heterocycles. The molecule has 1 aromatic heterocycles. The minimum Gasteiger partial charge on any atom is -0.326 e. The van der Waals surface area contributed by atoms with Gasteiger partial charge in [0.05, 0.1) is 17.0 Å². The van der Waals surface area contributed by atoms with Gasteiger partial charge in [0.1, 0.15) is 0 Å². The van der Waals surface area contributed by atoms with Crippen molar-refractivity contribution in [1.82, 2.24) is 14.1 Å². The van der Waals surface area contributed by atoms with Gasteiger partial charge in [0.15, 0.2) is 0 Å². The molecule has 8 heteroatoms. The first-order valence-electron chi connectivity index (χ1n) is 11.0. The summed E-state index contributed by atoms with van der Waals surface area (Å²) in [6, 6.07) is 4.96. The summed E-state index contributed by atoms with van der Waals surface area (Å²) in [6.07, 6.45) is 3.04. The van der Waals surface area contributed by atoms with E-state index in [2.05, 4.69) is 24.3 Å². The molecule has 31 heavy (non-hydrogen) atoms. The van der Waals surface area contributed by atoms with E-state index in [1.165, 1.54) is 0 Å². The van der Waals surface area contributed by atoms with Crippen molar-refractivity contribution in [3.8, 4) is 0 Å². The van der Waals surface area contributed by atoms with E-state index in [1.807, 2.05) is 25.5 Å². The fourth-order valence-corrected chi connectivity index (χ4v) is 5.56. The lowest BCUT2D eigenvalue weighted by atomic mass is 10.1. The zero-order valence-corrected chi connectivity index (χ0v) is 20.1. The topological polar surface area (TPSA) is 84.3 Å². The molecule has 0 saturated carbocycles. The number of hydrogen-bond donors (Lipinski definition) is 1. The van der Waals surface area contributed by atoms with Gasteiger partial charge in [0, 0.05) is 36.6 Å². The molecule has 1 amide bonds. The summed E-state index contributed by atoms with van der Waals surface area (Å²) in [4.78, 5) is 13.1. The van der Waals surface area contributed by atoms with Crippen LogP contribution in [-0.2, 0) is 27.8 Å². The third kappa shape index (κ3) is 5.36. The Morgan fingerprint density at radius 1 is 1.13 bits per heavy atom. The number of rotatable bonds is 7. The van der Waals surface area contributed by atoms with Gasteiger partial charge < -0.3 is 5.32 Å². The minimum atomic E-state index is -3.55. The zero-order valence-electron chi connectivity index (χ0n) is 19.2. The van der Waals surface area contributed by atoms with Crippen molar-refractivity contribution >= 4 is 21.6 Å². The Kier molecular flexibility index (Phi) is 7.21. The molecule has 2 heterocycles. The SMILES string of the molecule is Cc1ccc(S(=O)(=O)N2CCCCC2)cc1NC(=O)Cc1c(C)nn(CC(C)C)c1C. The fraction of sp³-hybridized carbons (Fsp3) is 0.565. The highest BCUT2D eigenvalue weighted by atomic mass is 32.2. The Labute approximate surface area is 185 Å². The molecule has 7 nitrogen and oxygen atoms in total. The van der Waals surface area contributed by atoms with Gasteiger partial charge in [-0.2, -0.15) is 9.40 Å². The Balaban J connectivity index is 1.78. The number of nitrogens with zero attached hydrogens (tertiary/aromatic N) is 3. The van der Waals surface area contributed by atoms with Gasteiger partial charge in [-0.3, -0.25) is 9.48 Å². The number of carbonyl (C=O) groups is 1. The molecule has 1 aliphatic rings. The van der Waals surface area contributed by atoms with E-state index < -0.39 is 10.0 Å². The maximum absolute atomic E-state index is 13.0. The molecule has 0 radical (unpaired) electrons. The van der Waals surface area contributed by atoms with Gasteiger partial charge in [0.2, 0.25) is 15.9 Å². The van der Waals surface area contributed by atoms with Gasteiger partial charge in [-0.15, -0.1) is 0 Å². The van der Waals surface area contributed by atoms with E-state index in [-0.39, 0.29) is 17.2 Å². The second kappa shape index (κ2) is 9.53. The summed E-state index contributed by atoms with van der Waals surface area (Å²) in [6.45, 7) is 12.0. The average molecular weight is 447 g/mol. The first-order valence-corrected chi connectivity index (χ1v) is 12.5. The number of piperidine rings is 1. The molecule has 0 aliphatic carbocycles. The number of sulfonamides is 1. The summed E-state index contributed by atoms with van der Waals surface area (Å²) in [5.74, 6) is 0.290. The molecular formula is C23H34N4O3S. The van der Waals surface area contributed by atoms with Crippen LogP contribution in [0.25, 0.3) is 0 Å². The molecule has 1 fully saturated rings. The number of benzene rings is 1. The van der Waals surface area contributed by atoms with Crippen LogP contribution in [0.4, 0.5) is 5.69 Å². The van der Waals surface area contributed by atoms with Gasteiger partial charge in [-0.25, -0.2) is 8.42 Å². The lowest BCUT2D eigenvalue weighted by Crippen LogP contribution is -2.35. The van der Waals surface area contributed by atoms with Crippen LogP contribution in [0.15, 0.2) is 23.1 Å². The molecule has 3 rings (SSSR count). The molecule has 1 aliphatic heterocycles. The van der Waals surface area contributed by atoms with Crippen LogP contribution in [-0.4, -0.2) is 41.5 Å². The molecular weight excluding hydrogens is 412 g/mol. The van der Waals surface area contributed by atoms with E-state index >= 15 is 0 Å². The number of hydrogen-bond acceptors (Lipinski definition) is 4. The van der Waals surface area contributed by atoms with Crippen molar-refractivity contribution in [2.45, 2.75) is 71.7 Å². The molecule has 0 unspecified atom stereocenters. The molecule has 1 aromatic carbocycles. The summed E-state index contributed by atoms with van der Waals surface area (Å²) in [7, 11) is -3.55. The Morgan fingerprint density at radius 2 is 1.81 bits per heavy atom. The maximum atomic E-state index is 13.0. The monoisotopic (exact) mass is 446 g/mol. The first-order chi connectivity index (χ1) is 14.6. The molecule has 170 valence electrons. The highest BCUT2D eigenvalue weighted by Crippen LogP contribution is 2.25. The third-order valence-electron chi connectivity index (χ3n) is 5.84. The zero-order chi connectivity index (χ0) is 22.8. The largest absolute Gasteiger partial charge is 0.326 e. The van der Waals surface area contributed by atoms with Gasteiger partial charge in [-0.1, -0.05) is 26.3 Å². The second-order valence-corrected chi connectivity index (χ2v) is 10.8. The van der Waals surface area contributed by atoms with Crippen LogP contribution >= 0.6 is 0 Å². The lowest BCUT2D eigenvalue weighted by Gasteiger charge is -2.26. The van der Waals surface area contributed by atoms with Crippen LogP contribution in [0.5, 0.6) is 0 Å². The molecule has 0 spiro atoms. The van der Waals surface area contributed by atoms with Crippen LogP contribution < -0.4 is 5.32 Å². The molecule has 2 aromatic rings. The van der Waals surface area contributed by atoms with Crippen LogP contribution in [0, 0.1) is 26.7 Å². The van der Waals surface area contributed by atoms with Crippen molar-refractivity contribution in [3.05, 3.63) is 40.7 Å². The predicted molar refractivity (Wildman–Crippen MR) is 123 cm³/mol. The quantitative estimate of drug-likeness (QED) is 0.701. The van der Waals surface area contributed by atoms with Crippen molar-refractivity contribution in [1.29, 1.82) is 0 Å². The van der Waals surface area contributed by atoms with E-state index in [1.54, 1.807) is 22.5 Å². The number of aryl methyl sites for hydroxylation is 2. The summed E-state index contributed by atoms with van der Waals surface area (Å²) in [5.41, 5.74) is 4.14. The third-order valence-corrected chi connectivity index (χ3v) is 7.74. The number of amides is 1. The van der Waals surface area contributed by atoms with Crippen molar-refractivity contribution < 1.29 is 13.2 Å². The number of carbonyl (C=O) groups excluding carboxylic acids is 1. The average Bonchev–Trinajstić information content (AvgIpc) is 2.97. The van der Waals surface area contributed by atoms with Crippen molar-refractivity contribution in [2.24, 2.45) is 5.92 Å². The highest BCUT2D eigenvalue weighted by molar-refractivity contribution is 7.89. The maximum Gasteiger partial charge on any atom is 0.243 e. The predicted octanol–water partition coefficient (Wildman–Crippen LogP) is 3.82. The summed E-state index contributed by atoms with van der Waals surface area (Å²) < 4.78 is 29.5. The van der Waals surface area contributed by atoms with Crippen molar-refractivity contribution in [2.75, 3.05) is 18.4 Å². The van der Waals surface area contributed by atoms with Gasteiger partial charge in [0.25, 0.3) is 0 Å². The van der Waals surface area contributed by atoms with Crippen LogP contribution in [0.2, 0.25) is 0 Å². The fourth-order valence-electron chi connectivity index (χ4n) is 4.02. The molecule has 0 atom stereocenters. The van der Waals surface area contributed by atoms with Crippen LogP contribution in [0.1, 0.15) is 55.6 Å². The second-order valence-electron chi connectivity index (χ2n) is 8.89. The molecule has 0 bridgehead atoms. The Bertz CT molecular complexity index is 1050. The normalized spacial score (nSPS) is 15.4. The number of nitrogens with one attached hydrogen (secondary N) is 1. The number of anilines is 1. The minimum absolute atomic E-state index is 0.175. The van der Waals surface area contributed by atoms with Crippen molar-refractivity contribution in [3.63, 3.8) is 0 Å². The standard InChI is InChI=1S/C23H34N4O3S/c1-16(2)15-27-19(5)21(18(4)25-27)14-23(28)24-22-13-20(10-9-17(22)3)31(29,30)26-11-7-6-8-12-26/h9-10,13,16H,6-8,11-12,14-15H2,1-5H3,(H,24,28). The summed E-state index contributed by atoms with van der Waals surface area (Å²) in [5, 5.41) is 7.50. The Morgan fingerprint density at radius 3 is 2.45 bits per heavy atom.